The number of carbonyl (C=O) groups is 1. The van der Waals surface area contributed by atoms with E-state index in [1.807, 2.05) is 58.1 Å². The number of benzene rings is 1. The topological polar surface area (TPSA) is 79.6 Å². The lowest BCUT2D eigenvalue weighted by molar-refractivity contribution is 0.0600. The second-order valence-electron chi connectivity index (χ2n) is 6.89. The SMILES string of the molecule is COC(=O)c1cccc(-n2cccc2[C@@H]2[C@H](c3ccccn3)NC(=S)N2CCO)c1. The van der Waals surface area contributed by atoms with Crippen LogP contribution in [-0.4, -0.2) is 50.9 Å². The molecule has 0 amide bonds. The molecule has 0 saturated carbocycles. The van der Waals surface area contributed by atoms with Gasteiger partial charge in [0.25, 0.3) is 0 Å². The van der Waals surface area contributed by atoms with Crippen LogP contribution in [0.3, 0.4) is 0 Å². The summed E-state index contributed by atoms with van der Waals surface area (Å²) in [6.07, 6.45) is 3.70. The van der Waals surface area contributed by atoms with Crippen LogP contribution in [0.25, 0.3) is 5.69 Å². The van der Waals surface area contributed by atoms with Gasteiger partial charge in [-0.2, -0.15) is 0 Å². The number of rotatable bonds is 6. The molecule has 1 aliphatic rings. The molecular formula is C22H22N4O3S. The molecule has 0 spiro atoms. The number of nitrogens with zero attached hydrogens (tertiary/aromatic N) is 3. The molecule has 3 aromatic rings. The van der Waals surface area contributed by atoms with Crippen LogP contribution in [0, 0.1) is 0 Å². The Balaban J connectivity index is 1.79. The number of aromatic nitrogens is 2. The summed E-state index contributed by atoms with van der Waals surface area (Å²) in [7, 11) is 1.37. The number of hydrogen-bond acceptors (Lipinski definition) is 5. The first-order chi connectivity index (χ1) is 14.6. The highest BCUT2D eigenvalue weighted by Crippen LogP contribution is 2.39. The molecule has 2 N–H and O–H groups in total. The third kappa shape index (κ3) is 3.67. The first kappa shape index (κ1) is 20.1. The van der Waals surface area contributed by atoms with Crippen molar-refractivity contribution in [2.75, 3.05) is 20.3 Å². The number of aliphatic hydroxyl groups is 1. The summed E-state index contributed by atoms with van der Waals surface area (Å²) in [4.78, 5) is 18.5. The van der Waals surface area contributed by atoms with Crippen molar-refractivity contribution in [1.82, 2.24) is 19.8 Å². The van der Waals surface area contributed by atoms with Crippen molar-refractivity contribution < 1.29 is 14.6 Å². The first-order valence-electron chi connectivity index (χ1n) is 9.59. The molecule has 30 heavy (non-hydrogen) atoms. The van der Waals surface area contributed by atoms with E-state index in [4.69, 9.17) is 17.0 Å². The Bertz CT molecular complexity index is 1050. The highest BCUT2D eigenvalue weighted by atomic mass is 32.1. The molecule has 2 atom stereocenters. The van der Waals surface area contributed by atoms with E-state index < -0.39 is 0 Å². The maximum atomic E-state index is 12.0. The molecular weight excluding hydrogens is 400 g/mol. The number of β-amino-alcohol motifs (C(OH)–C–C–N with tert-alkyl or cyclic N) is 1. The van der Waals surface area contributed by atoms with Gasteiger partial charge >= 0.3 is 5.97 Å². The summed E-state index contributed by atoms with van der Waals surface area (Å²) >= 11 is 5.57. The zero-order chi connectivity index (χ0) is 21.1. The largest absolute Gasteiger partial charge is 0.465 e. The van der Waals surface area contributed by atoms with E-state index in [9.17, 15) is 9.90 Å². The Hall–Kier alpha value is -3.23. The fourth-order valence-electron chi connectivity index (χ4n) is 3.85. The van der Waals surface area contributed by atoms with Gasteiger partial charge in [-0.05, 0) is 54.7 Å². The van der Waals surface area contributed by atoms with E-state index in [-0.39, 0.29) is 24.7 Å². The van der Waals surface area contributed by atoms with Gasteiger partial charge in [0, 0.05) is 30.3 Å². The second-order valence-corrected chi connectivity index (χ2v) is 7.28. The van der Waals surface area contributed by atoms with Crippen molar-refractivity contribution >= 4 is 23.3 Å². The van der Waals surface area contributed by atoms with Crippen LogP contribution in [0.2, 0.25) is 0 Å². The number of carbonyl (C=O) groups excluding carboxylic acids is 1. The molecule has 1 aromatic carbocycles. The second kappa shape index (κ2) is 8.64. The predicted octanol–water partition coefficient (Wildman–Crippen LogP) is 2.62. The summed E-state index contributed by atoms with van der Waals surface area (Å²) < 4.78 is 6.88. The Kier molecular flexibility index (Phi) is 5.78. The van der Waals surface area contributed by atoms with Crippen molar-refractivity contribution in [3.63, 3.8) is 0 Å². The van der Waals surface area contributed by atoms with Gasteiger partial charge in [0.2, 0.25) is 0 Å². The normalized spacial score (nSPS) is 18.3. The van der Waals surface area contributed by atoms with Crippen LogP contribution >= 0.6 is 12.2 Å². The van der Waals surface area contributed by atoms with Crippen LogP contribution in [0.5, 0.6) is 0 Å². The summed E-state index contributed by atoms with van der Waals surface area (Å²) in [5.41, 5.74) is 3.14. The molecule has 1 saturated heterocycles. The molecule has 1 aliphatic heterocycles. The summed E-state index contributed by atoms with van der Waals surface area (Å²) in [5, 5.41) is 13.6. The van der Waals surface area contributed by atoms with Crippen molar-refractivity contribution in [3.05, 3.63) is 83.9 Å². The predicted molar refractivity (Wildman–Crippen MR) is 116 cm³/mol. The standard InChI is InChI=1S/C22H22N4O3S/c1-29-21(28)15-6-4-7-16(14-15)25-11-5-9-18(25)20-19(17-8-2-3-10-23-17)24-22(30)26(20)12-13-27/h2-11,14,19-20,27H,12-13H2,1H3,(H,24,30)/t19-,20+/m0/s1. The van der Waals surface area contributed by atoms with Crippen LogP contribution in [-0.2, 0) is 4.74 Å². The zero-order valence-corrected chi connectivity index (χ0v) is 17.2. The minimum Gasteiger partial charge on any atom is -0.465 e. The number of methoxy groups -OCH3 is 1. The maximum absolute atomic E-state index is 12.0. The van der Waals surface area contributed by atoms with Gasteiger partial charge in [-0.25, -0.2) is 4.79 Å². The zero-order valence-electron chi connectivity index (χ0n) is 16.4. The van der Waals surface area contributed by atoms with Gasteiger partial charge in [-0.3, -0.25) is 4.98 Å². The highest BCUT2D eigenvalue weighted by Gasteiger charge is 2.40. The number of esters is 1. The average molecular weight is 423 g/mol. The van der Waals surface area contributed by atoms with E-state index in [1.165, 1.54) is 7.11 Å². The fourth-order valence-corrected chi connectivity index (χ4v) is 4.18. The third-order valence-electron chi connectivity index (χ3n) is 5.17. The molecule has 1 fully saturated rings. The average Bonchev–Trinajstić information content (AvgIpc) is 3.39. The van der Waals surface area contributed by atoms with Crippen molar-refractivity contribution in [3.8, 4) is 5.69 Å². The lowest BCUT2D eigenvalue weighted by Crippen LogP contribution is -2.32. The van der Waals surface area contributed by atoms with E-state index >= 15 is 0 Å². The van der Waals surface area contributed by atoms with E-state index in [2.05, 4.69) is 10.3 Å². The van der Waals surface area contributed by atoms with Crippen molar-refractivity contribution in [2.45, 2.75) is 12.1 Å². The van der Waals surface area contributed by atoms with Crippen LogP contribution in [0.4, 0.5) is 0 Å². The molecule has 3 heterocycles. The minimum absolute atomic E-state index is 0.0220. The van der Waals surface area contributed by atoms with E-state index in [0.717, 1.165) is 17.1 Å². The van der Waals surface area contributed by atoms with Gasteiger partial charge in [0.15, 0.2) is 5.11 Å². The number of pyridine rings is 1. The number of thiocarbonyl (C=S) groups is 1. The molecule has 0 radical (unpaired) electrons. The molecule has 154 valence electrons. The quantitative estimate of drug-likeness (QED) is 0.467. The number of hydrogen-bond donors (Lipinski definition) is 2. The molecule has 4 rings (SSSR count). The monoisotopic (exact) mass is 422 g/mol. The number of ether oxygens (including phenoxy) is 1. The van der Waals surface area contributed by atoms with E-state index in [1.54, 1.807) is 18.3 Å². The van der Waals surface area contributed by atoms with Gasteiger partial charge < -0.3 is 24.6 Å². The van der Waals surface area contributed by atoms with Gasteiger partial charge in [-0.1, -0.05) is 12.1 Å². The minimum atomic E-state index is -0.387. The van der Waals surface area contributed by atoms with Crippen LogP contribution < -0.4 is 5.32 Å². The number of aliphatic hydroxyl groups excluding tert-OH is 1. The molecule has 8 heteroatoms. The van der Waals surface area contributed by atoms with E-state index in [0.29, 0.717) is 17.2 Å². The Morgan fingerprint density at radius 1 is 1.23 bits per heavy atom. The molecule has 0 aliphatic carbocycles. The first-order valence-corrected chi connectivity index (χ1v) is 10.00. The summed E-state index contributed by atoms with van der Waals surface area (Å²) in [5.74, 6) is -0.387. The molecule has 0 unspecified atom stereocenters. The smallest absolute Gasteiger partial charge is 0.337 e. The molecule has 0 bridgehead atoms. The number of nitrogens with one attached hydrogen (secondary N) is 1. The lowest BCUT2D eigenvalue weighted by atomic mass is 10.0. The Morgan fingerprint density at radius 3 is 2.83 bits per heavy atom. The molecule has 7 nitrogen and oxygen atoms in total. The van der Waals surface area contributed by atoms with Gasteiger partial charge in [-0.15, -0.1) is 0 Å². The van der Waals surface area contributed by atoms with Crippen LogP contribution in [0.15, 0.2) is 67.0 Å². The van der Waals surface area contributed by atoms with Crippen molar-refractivity contribution in [2.24, 2.45) is 0 Å². The van der Waals surface area contributed by atoms with Gasteiger partial charge in [0.05, 0.1) is 37.1 Å². The molecule has 2 aromatic heterocycles. The third-order valence-corrected chi connectivity index (χ3v) is 5.52. The Labute approximate surface area is 179 Å². The summed E-state index contributed by atoms with van der Waals surface area (Å²) in [6.45, 7) is 0.374. The van der Waals surface area contributed by atoms with Crippen molar-refractivity contribution in [1.29, 1.82) is 0 Å². The summed E-state index contributed by atoms with van der Waals surface area (Å²) in [6, 6.07) is 16.7. The van der Waals surface area contributed by atoms with Gasteiger partial charge in [0.1, 0.15) is 0 Å². The lowest BCUT2D eigenvalue weighted by Gasteiger charge is -2.28. The highest BCUT2D eigenvalue weighted by molar-refractivity contribution is 7.80. The fraction of sp³-hybridized carbons (Fsp3) is 0.227. The van der Waals surface area contributed by atoms with Crippen LogP contribution in [0.1, 0.15) is 33.8 Å². The maximum Gasteiger partial charge on any atom is 0.337 e. The Morgan fingerprint density at radius 2 is 2.10 bits per heavy atom.